The van der Waals surface area contributed by atoms with Crippen LogP contribution in [-0.2, 0) is 9.53 Å². The van der Waals surface area contributed by atoms with Gasteiger partial charge >= 0.3 is 0 Å². The molecule has 1 amide bonds. The van der Waals surface area contributed by atoms with Crippen molar-refractivity contribution < 1.29 is 14.7 Å². The highest BCUT2D eigenvalue weighted by Crippen LogP contribution is 2.33. The average Bonchev–Trinajstić information content (AvgIpc) is 2.55. The fraction of sp³-hybridized carbons (Fsp3) is 0.867. The van der Waals surface area contributed by atoms with Gasteiger partial charge in [-0.05, 0) is 25.7 Å². The average molecular weight is 299 g/mol. The minimum absolute atomic E-state index is 0.0128. The van der Waals surface area contributed by atoms with E-state index < -0.39 is 5.41 Å². The molecule has 0 atom stereocenters. The molecule has 0 radical (unpaired) electrons. The van der Waals surface area contributed by atoms with Gasteiger partial charge in [-0.25, -0.2) is 0 Å². The van der Waals surface area contributed by atoms with Crippen LogP contribution in [0.15, 0.2) is 5.16 Å². The van der Waals surface area contributed by atoms with E-state index >= 15 is 0 Å². The zero-order valence-corrected chi connectivity index (χ0v) is 13.5. The van der Waals surface area contributed by atoms with Gasteiger partial charge in [-0.15, -0.1) is 0 Å². The molecule has 0 aromatic heterocycles. The van der Waals surface area contributed by atoms with E-state index in [1.807, 2.05) is 11.8 Å². The molecule has 1 fully saturated rings. The Bertz CT molecular complexity index is 361. The van der Waals surface area contributed by atoms with Crippen molar-refractivity contribution in [2.45, 2.75) is 46.5 Å². The van der Waals surface area contributed by atoms with E-state index in [0.29, 0.717) is 38.5 Å². The molecule has 122 valence electrons. The molecule has 3 N–H and O–H groups in total. The molecule has 0 spiro atoms. The Hall–Kier alpha value is -1.30. The molecule has 6 heteroatoms. The van der Waals surface area contributed by atoms with Crippen molar-refractivity contribution >= 4 is 11.7 Å². The highest BCUT2D eigenvalue weighted by molar-refractivity contribution is 6.06. The lowest BCUT2D eigenvalue weighted by molar-refractivity contribution is -0.143. The zero-order valence-electron chi connectivity index (χ0n) is 13.5. The Morgan fingerprint density at radius 1 is 1.33 bits per heavy atom. The second-order valence-corrected chi connectivity index (χ2v) is 5.71. The van der Waals surface area contributed by atoms with Gasteiger partial charge in [0.2, 0.25) is 5.91 Å². The van der Waals surface area contributed by atoms with Crippen LogP contribution in [0, 0.1) is 11.3 Å². The number of hydrogen-bond donors (Lipinski definition) is 2. The van der Waals surface area contributed by atoms with Crippen molar-refractivity contribution in [3.8, 4) is 0 Å². The van der Waals surface area contributed by atoms with Crippen LogP contribution in [0.1, 0.15) is 46.5 Å². The van der Waals surface area contributed by atoms with Crippen molar-refractivity contribution in [2.75, 3.05) is 26.3 Å². The summed E-state index contributed by atoms with van der Waals surface area (Å²) in [6.45, 7) is 8.54. The van der Waals surface area contributed by atoms with E-state index in [1.54, 1.807) is 0 Å². The quantitative estimate of drug-likeness (QED) is 0.325. The molecule has 1 rings (SSSR count). The first-order chi connectivity index (χ1) is 10.1. The Labute approximate surface area is 127 Å². The van der Waals surface area contributed by atoms with Crippen LogP contribution in [0.3, 0.4) is 0 Å². The SMILES string of the molecule is CCC(CC)CN(CC)C(=O)C1(C(N)=NO)CCOCC1. The number of carbonyl (C=O) groups excluding carboxylic acids is 1. The Morgan fingerprint density at radius 2 is 1.90 bits per heavy atom. The molecular formula is C15H29N3O3. The second-order valence-electron chi connectivity index (χ2n) is 5.71. The largest absolute Gasteiger partial charge is 0.409 e. The first-order valence-corrected chi connectivity index (χ1v) is 7.90. The lowest BCUT2D eigenvalue weighted by Crippen LogP contribution is -2.54. The molecule has 0 aromatic rings. The van der Waals surface area contributed by atoms with Crippen LogP contribution in [0.4, 0.5) is 0 Å². The van der Waals surface area contributed by atoms with Gasteiger partial charge in [0.1, 0.15) is 5.41 Å². The van der Waals surface area contributed by atoms with Crippen LogP contribution in [-0.4, -0.2) is 48.2 Å². The van der Waals surface area contributed by atoms with Crippen LogP contribution in [0.25, 0.3) is 0 Å². The number of nitrogens with two attached hydrogens (primary N) is 1. The minimum Gasteiger partial charge on any atom is -0.409 e. The summed E-state index contributed by atoms with van der Waals surface area (Å²) < 4.78 is 5.34. The summed E-state index contributed by atoms with van der Waals surface area (Å²) >= 11 is 0. The number of carbonyl (C=O) groups is 1. The number of nitrogens with zero attached hydrogens (tertiary/aromatic N) is 2. The third-order valence-corrected chi connectivity index (χ3v) is 4.66. The molecule has 1 aliphatic heterocycles. The van der Waals surface area contributed by atoms with Crippen LogP contribution < -0.4 is 5.73 Å². The number of ether oxygens (including phenoxy) is 1. The molecule has 1 heterocycles. The summed E-state index contributed by atoms with van der Waals surface area (Å²) in [5.74, 6) is 0.465. The van der Waals surface area contributed by atoms with Crippen LogP contribution in [0.2, 0.25) is 0 Å². The third kappa shape index (κ3) is 3.87. The Morgan fingerprint density at radius 3 is 2.33 bits per heavy atom. The van der Waals surface area contributed by atoms with Gasteiger partial charge in [0.05, 0.1) is 0 Å². The van der Waals surface area contributed by atoms with Crippen molar-refractivity contribution in [2.24, 2.45) is 22.2 Å². The maximum atomic E-state index is 13.0. The van der Waals surface area contributed by atoms with E-state index in [4.69, 9.17) is 15.7 Å². The lowest BCUT2D eigenvalue weighted by atomic mass is 9.77. The van der Waals surface area contributed by atoms with Crippen LogP contribution >= 0.6 is 0 Å². The van der Waals surface area contributed by atoms with Gasteiger partial charge in [0, 0.05) is 26.3 Å². The van der Waals surface area contributed by atoms with E-state index in [-0.39, 0.29) is 11.7 Å². The molecule has 6 nitrogen and oxygen atoms in total. The number of amidine groups is 1. The van der Waals surface area contributed by atoms with E-state index in [9.17, 15) is 4.79 Å². The predicted molar refractivity (Wildman–Crippen MR) is 82.2 cm³/mol. The molecule has 0 saturated carbocycles. The fourth-order valence-electron chi connectivity index (χ4n) is 2.91. The molecule has 1 aliphatic rings. The number of hydrogen-bond acceptors (Lipinski definition) is 4. The second kappa shape index (κ2) is 8.22. The standard InChI is InChI=1S/C15H29N3O3/c1-4-12(5-2)11-18(6-3)14(19)15(13(16)17-20)7-9-21-10-8-15/h12,20H,4-11H2,1-3H3,(H2,16,17). The number of rotatable bonds is 7. The highest BCUT2D eigenvalue weighted by atomic mass is 16.5. The molecule has 0 bridgehead atoms. The maximum absolute atomic E-state index is 13.0. The fourth-order valence-corrected chi connectivity index (χ4v) is 2.91. The smallest absolute Gasteiger partial charge is 0.236 e. The van der Waals surface area contributed by atoms with E-state index in [0.717, 1.165) is 19.4 Å². The summed E-state index contributed by atoms with van der Waals surface area (Å²) in [6.07, 6.45) is 3.03. The molecule has 0 unspecified atom stereocenters. The molecule has 21 heavy (non-hydrogen) atoms. The summed E-state index contributed by atoms with van der Waals surface area (Å²) in [6, 6.07) is 0. The maximum Gasteiger partial charge on any atom is 0.236 e. The molecule has 0 aliphatic carbocycles. The van der Waals surface area contributed by atoms with Crippen molar-refractivity contribution in [1.29, 1.82) is 0 Å². The van der Waals surface area contributed by atoms with Crippen LogP contribution in [0.5, 0.6) is 0 Å². The van der Waals surface area contributed by atoms with Crippen molar-refractivity contribution in [3.05, 3.63) is 0 Å². The molecular weight excluding hydrogens is 270 g/mol. The van der Waals surface area contributed by atoms with E-state index in [1.165, 1.54) is 0 Å². The first kappa shape index (κ1) is 17.8. The van der Waals surface area contributed by atoms with Gasteiger partial charge in [-0.1, -0.05) is 31.8 Å². The van der Waals surface area contributed by atoms with Gasteiger partial charge in [0.15, 0.2) is 5.84 Å². The normalized spacial score (nSPS) is 18.8. The third-order valence-electron chi connectivity index (χ3n) is 4.66. The summed E-state index contributed by atoms with van der Waals surface area (Å²) in [5.41, 5.74) is 4.96. The van der Waals surface area contributed by atoms with E-state index in [2.05, 4.69) is 19.0 Å². The Balaban J connectivity index is 2.97. The number of oxime groups is 1. The van der Waals surface area contributed by atoms with Gasteiger partial charge in [0.25, 0.3) is 0 Å². The van der Waals surface area contributed by atoms with Gasteiger partial charge in [-0.2, -0.15) is 0 Å². The Kier molecular flexibility index (Phi) is 6.95. The van der Waals surface area contributed by atoms with Gasteiger partial charge < -0.3 is 20.6 Å². The first-order valence-electron chi connectivity index (χ1n) is 7.90. The monoisotopic (exact) mass is 299 g/mol. The predicted octanol–water partition coefficient (Wildman–Crippen LogP) is 1.81. The highest BCUT2D eigenvalue weighted by Gasteiger charge is 2.46. The topological polar surface area (TPSA) is 88.2 Å². The summed E-state index contributed by atoms with van der Waals surface area (Å²) in [4.78, 5) is 14.9. The van der Waals surface area contributed by atoms with Gasteiger partial charge in [-0.3, -0.25) is 4.79 Å². The lowest BCUT2D eigenvalue weighted by Gasteiger charge is -2.39. The summed E-state index contributed by atoms with van der Waals surface area (Å²) in [7, 11) is 0. The zero-order chi connectivity index (χ0) is 15.9. The summed E-state index contributed by atoms with van der Waals surface area (Å²) in [5, 5.41) is 12.2. The number of amides is 1. The molecule has 1 saturated heterocycles. The van der Waals surface area contributed by atoms with Crippen molar-refractivity contribution in [3.63, 3.8) is 0 Å². The minimum atomic E-state index is -0.908. The molecule has 0 aromatic carbocycles. The van der Waals surface area contributed by atoms with Crippen molar-refractivity contribution in [1.82, 2.24) is 4.90 Å².